The number of carbonyl (C=O) groups is 1. The molecule has 1 fully saturated rings. The van der Waals surface area contributed by atoms with Crippen LogP contribution in [0, 0.1) is 6.92 Å². The van der Waals surface area contributed by atoms with Gasteiger partial charge in [0.2, 0.25) is 11.8 Å². The molecule has 1 N–H and O–H groups in total. The van der Waals surface area contributed by atoms with Crippen LogP contribution in [0.1, 0.15) is 37.9 Å². The van der Waals surface area contributed by atoms with Crippen molar-refractivity contribution in [3.63, 3.8) is 0 Å². The van der Waals surface area contributed by atoms with Crippen molar-refractivity contribution < 1.29 is 9.32 Å². The van der Waals surface area contributed by atoms with E-state index in [0.29, 0.717) is 30.6 Å². The average Bonchev–Trinajstić information content (AvgIpc) is 3.04. The molecule has 0 radical (unpaired) electrons. The third kappa shape index (κ3) is 4.45. The Morgan fingerprint density at radius 3 is 2.90 bits per heavy atom. The molecule has 0 saturated carbocycles. The largest absolute Gasteiger partial charge is 0.339 e. The Kier molecular flexibility index (Phi) is 6.95. The van der Waals surface area contributed by atoms with Gasteiger partial charge in [-0.2, -0.15) is 4.98 Å². The van der Waals surface area contributed by atoms with Gasteiger partial charge in [-0.3, -0.25) is 4.79 Å². The van der Waals surface area contributed by atoms with E-state index in [1.54, 1.807) is 6.92 Å². The van der Waals surface area contributed by atoms with Crippen LogP contribution < -0.4 is 5.32 Å². The first-order chi connectivity index (χ1) is 9.20. The number of aromatic nitrogens is 2. The molecule has 7 heteroatoms. The fraction of sp³-hybridized carbons (Fsp3) is 0.769. The summed E-state index contributed by atoms with van der Waals surface area (Å²) in [5.74, 6) is 1.35. The molecule has 114 valence electrons. The fourth-order valence-electron chi connectivity index (χ4n) is 2.46. The van der Waals surface area contributed by atoms with Crippen LogP contribution in [0.2, 0.25) is 0 Å². The molecule has 6 nitrogen and oxygen atoms in total. The second-order valence-corrected chi connectivity index (χ2v) is 4.97. The molecule has 1 aliphatic heterocycles. The van der Waals surface area contributed by atoms with Crippen LogP contribution in [-0.4, -0.2) is 46.6 Å². The van der Waals surface area contributed by atoms with E-state index in [9.17, 15) is 4.79 Å². The monoisotopic (exact) mass is 302 g/mol. The zero-order valence-corrected chi connectivity index (χ0v) is 12.9. The molecule has 1 aromatic rings. The van der Waals surface area contributed by atoms with Gasteiger partial charge in [0.05, 0.1) is 0 Å². The lowest BCUT2D eigenvalue weighted by Gasteiger charge is -2.28. The minimum Gasteiger partial charge on any atom is -0.339 e. The summed E-state index contributed by atoms with van der Waals surface area (Å²) in [4.78, 5) is 18.4. The Balaban J connectivity index is 0.00000200. The highest BCUT2D eigenvalue weighted by atomic mass is 35.5. The van der Waals surface area contributed by atoms with Crippen molar-refractivity contribution in [2.75, 3.05) is 19.6 Å². The molecular formula is C13H23ClN4O2. The summed E-state index contributed by atoms with van der Waals surface area (Å²) in [7, 11) is 0. The zero-order chi connectivity index (χ0) is 13.7. The molecule has 1 atom stereocenters. The van der Waals surface area contributed by atoms with E-state index < -0.39 is 0 Å². The summed E-state index contributed by atoms with van der Waals surface area (Å²) in [6.45, 7) is 6.62. The Morgan fingerprint density at radius 2 is 2.35 bits per heavy atom. The summed E-state index contributed by atoms with van der Waals surface area (Å²) in [6.07, 6.45) is 3.01. The van der Waals surface area contributed by atoms with Gasteiger partial charge in [-0.05, 0) is 26.3 Å². The molecule has 1 aliphatic rings. The molecule has 20 heavy (non-hydrogen) atoms. The fourth-order valence-corrected chi connectivity index (χ4v) is 2.46. The minimum absolute atomic E-state index is 0. The minimum atomic E-state index is 0. The van der Waals surface area contributed by atoms with Gasteiger partial charge in [-0.15, -0.1) is 12.4 Å². The Morgan fingerprint density at radius 1 is 1.55 bits per heavy atom. The van der Waals surface area contributed by atoms with Crippen molar-refractivity contribution in [3.8, 4) is 0 Å². The topological polar surface area (TPSA) is 71.3 Å². The zero-order valence-electron chi connectivity index (χ0n) is 12.1. The van der Waals surface area contributed by atoms with E-state index in [-0.39, 0.29) is 18.3 Å². The van der Waals surface area contributed by atoms with Crippen LogP contribution in [0.15, 0.2) is 4.52 Å². The molecule has 0 aliphatic carbocycles. The lowest BCUT2D eigenvalue weighted by atomic mass is 10.1. The predicted octanol–water partition coefficient (Wildman–Crippen LogP) is 1.33. The summed E-state index contributed by atoms with van der Waals surface area (Å²) >= 11 is 0. The van der Waals surface area contributed by atoms with Gasteiger partial charge < -0.3 is 14.7 Å². The van der Waals surface area contributed by atoms with E-state index in [0.717, 1.165) is 32.5 Å². The van der Waals surface area contributed by atoms with Crippen molar-refractivity contribution in [2.45, 2.75) is 45.6 Å². The molecule has 0 aromatic carbocycles. The van der Waals surface area contributed by atoms with Crippen molar-refractivity contribution in [2.24, 2.45) is 0 Å². The third-order valence-corrected chi connectivity index (χ3v) is 3.38. The van der Waals surface area contributed by atoms with Gasteiger partial charge in [0.25, 0.3) is 0 Å². The Labute approximate surface area is 125 Å². The van der Waals surface area contributed by atoms with Crippen LogP contribution in [0.5, 0.6) is 0 Å². The molecule has 0 spiro atoms. The van der Waals surface area contributed by atoms with E-state index in [1.165, 1.54) is 0 Å². The maximum atomic E-state index is 12.3. The maximum Gasteiger partial charge on any atom is 0.227 e. The number of hydrogen-bond donors (Lipinski definition) is 1. The van der Waals surface area contributed by atoms with E-state index >= 15 is 0 Å². The van der Waals surface area contributed by atoms with Gasteiger partial charge in [-0.25, -0.2) is 0 Å². The number of nitrogens with one attached hydrogen (secondary N) is 1. The quantitative estimate of drug-likeness (QED) is 0.858. The molecule has 1 amide bonds. The molecule has 2 heterocycles. The molecule has 2 rings (SSSR count). The van der Waals surface area contributed by atoms with Gasteiger partial charge in [0.1, 0.15) is 0 Å². The first kappa shape index (κ1) is 16.9. The van der Waals surface area contributed by atoms with Crippen molar-refractivity contribution in [1.82, 2.24) is 20.4 Å². The number of aryl methyl sites for hydroxylation is 2. The Bertz CT molecular complexity index is 418. The van der Waals surface area contributed by atoms with Crippen LogP contribution >= 0.6 is 12.4 Å². The number of carbonyl (C=O) groups excluding carboxylic acids is 1. The summed E-state index contributed by atoms with van der Waals surface area (Å²) < 4.78 is 5.04. The molecule has 1 saturated heterocycles. The van der Waals surface area contributed by atoms with Crippen molar-refractivity contribution in [3.05, 3.63) is 11.7 Å². The van der Waals surface area contributed by atoms with Gasteiger partial charge >= 0.3 is 0 Å². The highest BCUT2D eigenvalue weighted by Gasteiger charge is 2.25. The SMILES string of the molecule is CCCN(C(=O)CCc1nc(C)no1)C1CCNC1.Cl. The van der Waals surface area contributed by atoms with Gasteiger partial charge in [0, 0.05) is 32.0 Å². The normalized spacial score (nSPS) is 17.8. The molecule has 1 aromatic heterocycles. The van der Waals surface area contributed by atoms with Gasteiger partial charge in [0.15, 0.2) is 5.82 Å². The van der Waals surface area contributed by atoms with E-state index in [4.69, 9.17) is 4.52 Å². The van der Waals surface area contributed by atoms with E-state index in [2.05, 4.69) is 22.4 Å². The van der Waals surface area contributed by atoms with Crippen molar-refractivity contribution >= 4 is 18.3 Å². The van der Waals surface area contributed by atoms with Crippen LogP contribution in [0.4, 0.5) is 0 Å². The second-order valence-electron chi connectivity index (χ2n) is 4.97. The van der Waals surface area contributed by atoms with Crippen LogP contribution in [0.3, 0.4) is 0 Å². The van der Waals surface area contributed by atoms with Crippen LogP contribution in [0.25, 0.3) is 0 Å². The first-order valence-corrected chi connectivity index (χ1v) is 7.00. The number of nitrogens with zero attached hydrogens (tertiary/aromatic N) is 3. The number of rotatable bonds is 6. The molecule has 0 bridgehead atoms. The smallest absolute Gasteiger partial charge is 0.227 e. The maximum absolute atomic E-state index is 12.3. The van der Waals surface area contributed by atoms with Crippen molar-refractivity contribution in [1.29, 1.82) is 0 Å². The summed E-state index contributed by atoms with van der Waals surface area (Å²) in [5, 5.41) is 7.04. The Hall–Kier alpha value is -1.14. The van der Waals surface area contributed by atoms with Crippen LogP contribution in [-0.2, 0) is 11.2 Å². The number of halogens is 1. The first-order valence-electron chi connectivity index (χ1n) is 7.00. The summed E-state index contributed by atoms with van der Waals surface area (Å²) in [6, 6.07) is 0.344. The molecular weight excluding hydrogens is 280 g/mol. The average molecular weight is 303 g/mol. The number of amides is 1. The standard InChI is InChI=1S/C13H22N4O2.ClH/c1-3-8-17(11-6-7-14-9-11)13(18)5-4-12-15-10(2)16-19-12;/h11,14H,3-9H2,1-2H3;1H. The number of hydrogen-bond acceptors (Lipinski definition) is 5. The lowest BCUT2D eigenvalue weighted by Crippen LogP contribution is -2.42. The third-order valence-electron chi connectivity index (χ3n) is 3.38. The highest BCUT2D eigenvalue weighted by molar-refractivity contribution is 5.85. The predicted molar refractivity (Wildman–Crippen MR) is 77.9 cm³/mol. The lowest BCUT2D eigenvalue weighted by molar-refractivity contribution is -0.133. The second kappa shape index (κ2) is 8.21. The van der Waals surface area contributed by atoms with E-state index in [1.807, 2.05) is 4.90 Å². The van der Waals surface area contributed by atoms with Gasteiger partial charge in [-0.1, -0.05) is 12.1 Å². The highest BCUT2D eigenvalue weighted by Crippen LogP contribution is 2.12. The molecule has 1 unspecified atom stereocenters. The summed E-state index contributed by atoms with van der Waals surface area (Å²) in [5.41, 5.74) is 0.